The van der Waals surface area contributed by atoms with E-state index in [2.05, 4.69) is 4.98 Å². The maximum Gasteiger partial charge on any atom is 0.216 e. The van der Waals surface area contributed by atoms with Crippen molar-refractivity contribution in [3.8, 4) is 17.3 Å². The normalized spacial score (nSPS) is 11.9. The number of nitrogens with zero attached hydrogens (tertiary/aromatic N) is 2. The highest BCUT2D eigenvalue weighted by molar-refractivity contribution is 7.95. The Morgan fingerprint density at radius 2 is 1.80 bits per heavy atom. The van der Waals surface area contributed by atoms with Gasteiger partial charge >= 0.3 is 0 Å². The van der Waals surface area contributed by atoms with E-state index in [9.17, 15) is 13.7 Å². The maximum atomic E-state index is 12.6. The second-order valence-corrected chi connectivity index (χ2v) is 8.26. The SMILES string of the molecule is N#CC(=Cc1nc(-c2ccccc2)cs1)S(=O)(=O)c1ccc(Cl)cc1. The molecule has 0 fully saturated rings. The molecule has 4 nitrogen and oxygen atoms in total. The van der Waals surface area contributed by atoms with Gasteiger partial charge in [-0.3, -0.25) is 0 Å². The number of thiazole rings is 1. The lowest BCUT2D eigenvalue weighted by Gasteiger charge is -2.02. The van der Waals surface area contributed by atoms with Crippen LogP contribution in [0.3, 0.4) is 0 Å². The van der Waals surface area contributed by atoms with Crippen LogP contribution >= 0.6 is 22.9 Å². The Labute approximate surface area is 154 Å². The molecule has 3 rings (SSSR count). The molecule has 7 heteroatoms. The van der Waals surface area contributed by atoms with Gasteiger partial charge in [0.1, 0.15) is 11.1 Å². The molecule has 0 aliphatic carbocycles. The largest absolute Gasteiger partial charge is 0.237 e. The summed E-state index contributed by atoms with van der Waals surface area (Å²) in [4.78, 5) is 4.06. The van der Waals surface area contributed by atoms with Gasteiger partial charge in [0.25, 0.3) is 0 Å². The standard InChI is InChI=1S/C18H11ClN2O2S2/c19-14-6-8-15(9-7-14)25(22,23)16(11-20)10-18-21-17(12-24-18)13-4-2-1-3-5-13/h1-10,12H. The van der Waals surface area contributed by atoms with Crippen LogP contribution in [0.5, 0.6) is 0 Å². The van der Waals surface area contributed by atoms with Crippen LogP contribution in [0.25, 0.3) is 17.3 Å². The Balaban J connectivity index is 1.97. The molecule has 0 aliphatic rings. The predicted molar refractivity (Wildman–Crippen MR) is 99.8 cm³/mol. The lowest BCUT2D eigenvalue weighted by molar-refractivity contribution is 0.603. The zero-order chi connectivity index (χ0) is 17.9. The van der Waals surface area contributed by atoms with Crippen molar-refractivity contribution >= 4 is 38.9 Å². The Kier molecular flexibility index (Phi) is 5.00. The highest BCUT2D eigenvalue weighted by Crippen LogP contribution is 2.26. The van der Waals surface area contributed by atoms with Gasteiger partial charge in [-0.25, -0.2) is 13.4 Å². The van der Waals surface area contributed by atoms with Crippen LogP contribution in [0.15, 0.2) is 69.8 Å². The Morgan fingerprint density at radius 1 is 1.12 bits per heavy atom. The highest BCUT2D eigenvalue weighted by atomic mass is 35.5. The molecule has 0 aliphatic heterocycles. The molecule has 0 amide bonds. The lowest BCUT2D eigenvalue weighted by atomic mass is 10.2. The molecule has 0 N–H and O–H groups in total. The van der Waals surface area contributed by atoms with E-state index < -0.39 is 9.84 Å². The summed E-state index contributed by atoms with van der Waals surface area (Å²) in [5.74, 6) is 0. The Bertz CT molecular complexity index is 1060. The second-order valence-electron chi connectivity index (χ2n) is 5.01. The average Bonchev–Trinajstić information content (AvgIpc) is 3.09. The topological polar surface area (TPSA) is 70.8 Å². The van der Waals surface area contributed by atoms with Crippen molar-refractivity contribution in [3.05, 3.63) is 74.9 Å². The van der Waals surface area contributed by atoms with Crippen molar-refractivity contribution < 1.29 is 8.42 Å². The van der Waals surface area contributed by atoms with Crippen LogP contribution in [-0.4, -0.2) is 13.4 Å². The summed E-state index contributed by atoms with van der Waals surface area (Å²) in [6.07, 6.45) is 1.29. The number of allylic oxidation sites excluding steroid dienone is 1. The molecule has 25 heavy (non-hydrogen) atoms. The number of hydrogen-bond acceptors (Lipinski definition) is 5. The lowest BCUT2D eigenvalue weighted by Crippen LogP contribution is -2.03. The van der Waals surface area contributed by atoms with Gasteiger partial charge in [-0.15, -0.1) is 11.3 Å². The minimum absolute atomic E-state index is 0.0181. The summed E-state index contributed by atoms with van der Waals surface area (Å²) in [5, 5.41) is 12.0. The molecule has 124 valence electrons. The van der Waals surface area contributed by atoms with Crippen LogP contribution in [0.2, 0.25) is 5.02 Å². The first-order chi connectivity index (χ1) is 12.0. The van der Waals surface area contributed by atoms with Crippen molar-refractivity contribution in [1.82, 2.24) is 4.98 Å². The number of halogens is 1. The van der Waals surface area contributed by atoms with Gasteiger partial charge in [-0.1, -0.05) is 41.9 Å². The molecular formula is C18H11ClN2O2S2. The zero-order valence-corrected chi connectivity index (χ0v) is 15.1. The number of nitriles is 1. The van der Waals surface area contributed by atoms with Crippen LogP contribution < -0.4 is 0 Å². The predicted octanol–water partition coefficient (Wildman–Crippen LogP) is 4.80. The van der Waals surface area contributed by atoms with Crippen molar-refractivity contribution in [2.45, 2.75) is 4.90 Å². The Hall–Kier alpha value is -2.46. The van der Waals surface area contributed by atoms with E-state index in [0.29, 0.717) is 10.0 Å². The maximum absolute atomic E-state index is 12.6. The van der Waals surface area contributed by atoms with Crippen LogP contribution in [0.4, 0.5) is 0 Å². The second kappa shape index (κ2) is 7.19. The number of benzene rings is 2. The molecule has 0 atom stereocenters. The fourth-order valence-corrected chi connectivity index (χ4v) is 4.21. The van der Waals surface area contributed by atoms with E-state index >= 15 is 0 Å². The van der Waals surface area contributed by atoms with E-state index in [1.807, 2.05) is 35.7 Å². The number of hydrogen-bond donors (Lipinski definition) is 0. The summed E-state index contributed by atoms with van der Waals surface area (Å²) in [7, 11) is -3.91. The third kappa shape index (κ3) is 3.80. The van der Waals surface area contributed by atoms with E-state index in [-0.39, 0.29) is 9.80 Å². The van der Waals surface area contributed by atoms with E-state index in [0.717, 1.165) is 11.3 Å². The van der Waals surface area contributed by atoms with Crippen LogP contribution in [0.1, 0.15) is 5.01 Å². The van der Waals surface area contributed by atoms with Crippen LogP contribution in [0, 0.1) is 11.3 Å². The number of aromatic nitrogens is 1. The van der Waals surface area contributed by atoms with Crippen LogP contribution in [-0.2, 0) is 9.84 Å². The summed E-state index contributed by atoms with van der Waals surface area (Å²) in [6.45, 7) is 0. The summed E-state index contributed by atoms with van der Waals surface area (Å²) >= 11 is 7.06. The molecule has 0 bridgehead atoms. The first-order valence-corrected chi connectivity index (χ1v) is 9.88. The zero-order valence-electron chi connectivity index (χ0n) is 12.8. The summed E-state index contributed by atoms with van der Waals surface area (Å²) < 4.78 is 25.2. The molecule has 1 aromatic heterocycles. The molecule has 0 unspecified atom stereocenters. The number of rotatable bonds is 4. The molecule has 0 radical (unpaired) electrons. The van der Waals surface area contributed by atoms with E-state index in [1.165, 1.54) is 41.7 Å². The molecule has 0 saturated heterocycles. The van der Waals surface area contributed by atoms with Gasteiger partial charge < -0.3 is 0 Å². The van der Waals surface area contributed by atoms with E-state index in [4.69, 9.17) is 11.6 Å². The number of sulfone groups is 1. The first kappa shape index (κ1) is 17.4. The third-order valence-corrected chi connectivity index (χ3v) is 6.09. The smallest absolute Gasteiger partial charge is 0.216 e. The minimum Gasteiger partial charge on any atom is -0.237 e. The third-order valence-electron chi connectivity index (χ3n) is 3.37. The van der Waals surface area contributed by atoms with Crippen molar-refractivity contribution in [3.63, 3.8) is 0 Å². The molecule has 0 spiro atoms. The summed E-state index contributed by atoms with van der Waals surface area (Å²) in [6, 6.07) is 17.0. The van der Waals surface area contributed by atoms with Gasteiger partial charge in [0.2, 0.25) is 9.84 Å². The van der Waals surface area contributed by atoms with Crippen molar-refractivity contribution in [2.24, 2.45) is 0 Å². The molecule has 1 heterocycles. The fourth-order valence-electron chi connectivity index (χ4n) is 2.12. The van der Waals surface area contributed by atoms with Gasteiger partial charge in [0.15, 0.2) is 4.91 Å². The fraction of sp³-hybridized carbons (Fsp3) is 0. The Morgan fingerprint density at radius 3 is 2.44 bits per heavy atom. The molecule has 3 aromatic rings. The minimum atomic E-state index is -3.91. The van der Waals surface area contributed by atoms with Crippen molar-refractivity contribution in [2.75, 3.05) is 0 Å². The molecule has 0 saturated carbocycles. The van der Waals surface area contributed by atoms with Gasteiger partial charge in [0, 0.05) is 22.0 Å². The van der Waals surface area contributed by atoms with Crippen molar-refractivity contribution in [1.29, 1.82) is 5.26 Å². The average molecular weight is 387 g/mol. The molecular weight excluding hydrogens is 376 g/mol. The first-order valence-electron chi connectivity index (χ1n) is 7.14. The van der Waals surface area contributed by atoms with Gasteiger partial charge in [0.05, 0.1) is 10.6 Å². The monoisotopic (exact) mass is 386 g/mol. The van der Waals surface area contributed by atoms with Gasteiger partial charge in [-0.05, 0) is 24.3 Å². The summed E-state index contributed by atoms with van der Waals surface area (Å²) in [5.41, 5.74) is 1.66. The molecule has 2 aromatic carbocycles. The quantitative estimate of drug-likeness (QED) is 0.603. The van der Waals surface area contributed by atoms with Gasteiger partial charge in [-0.2, -0.15) is 5.26 Å². The van der Waals surface area contributed by atoms with E-state index in [1.54, 1.807) is 6.07 Å². The highest BCUT2D eigenvalue weighted by Gasteiger charge is 2.21.